The van der Waals surface area contributed by atoms with Crippen molar-refractivity contribution in [2.45, 2.75) is 71.1 Å². The van der Waals surface area contributed by atoms with Gasteiger partial charge in [0.25, 0.3) is 5.91 Å². The number of ether oxygens (including phenoxy) is 3. The summed E-state index contributed by atoms with van der Waals surface area (Å²) in [4.78, 5) is 47.6. The van der Waals surface area contributed by atoms with Gasteiger partial charge in [-0.1, -0.05) is 12.1 Å². The number of nitrogens with zero attached hydrogens (tertiary/aromatic N) is 3. The van der Waals surface area contributed by atoms with Crippen LogP contribution in [0.1, 0.15) is 69.8 Å². The van der Waals surface area contributed by atoms with E-state index in [4.69, 9.17) is 14.2 Å². The van der Waals surface area contributed by atoms with Crippen molar-refractivity contribution in [2.75, 3.05) is 44.6 Å². The number of anilines is 1. The Kier molecular flexibility index (Phi) is 11.4. The van der Waals surface area contributed by atoms with Crippen LogP contribution in [0.2, 0.25) is 0 Å². The summed E-state index contributed by atoms with van der Waals surface area (Å²) in [5.41, 5.74) is 1.18. The first-order valence-corrected chi connectivity index (χ1v) is 15.6. The smallest absolute Gasteiger partial charge is 0.407 e. The average Bonchev–Trinajstić information content (AvgIpc) is 3.42. The Morgan fingerprint density at radius 1 is 0.935 bits per heavy atom. The number of aliphatic imine (C=N–C) groups is 2. The van der Waals surface area contributed by atoms with E-state index in [1.807, 2.05) is 63.4 Å². The molecule has 0 spiro atoms. The second-order valence-corrected chi connectivity index (χ2v) is 13.4. The molecule has 2 aliphatic heterocycles. The molecule has 12 nitrogen and oxygen atoms in total. The third-order valence-electron chi connectivity index (χ3n) is 7.01. The molecule has 1 saturated heterocycles. The van der Waals surface area contributed by atoms with Crippen molar-refractivity contribution in [2.24, 2.45) is 9.98 Å². The Morgan fingerprint density at radius 2 is 1.63 bits per heavy atom. The van der Waals surface area contributed by atoms with Crippen molar-refractivity contribution in [1.82, 2.24) is 15.5 Å². The van der Waals surface area contributed by atoms with Gasteiger partial charge in [0, 0.05) is 49.1 Å². The molecule has 2 aromatic carbocycles. The molecule has 0 bridgehead atoms. The summed E-state index contributed by atoms with van der Waals surface area (Å²) in [5, 5.41) is 8.77. The lowest BCUT2D eigenvalue weighted by Crippen LogP contribution is -2.40. The quantitative estimate of drug-likeness (QED) is 0.327. The molecule has 46 heavy (non-hydrogen) atoms. The number of carbonyl (C=O) groups is 3. The minimum Gasteiger partial charge on any atom is -0.492 e. The zero-order valence-electron chi connectivity index (χ0n) is 27.6. The van der Waals surface area contributed by atoms with Crippen LogP contribution in [0.4, 0.5) is 10.5 Å². The van der Waals surface area contributed by atoms with Crippen LogP contribution in [0, 0.1) is 0 Å². The molecule has 2 amide bonds. The van der Waals surface area contributed by atoms with E-state index in [1.165, 1.54) is 0 Å². The zero-order valence-corrected chi connectivity index (χ0v) is 27.6. The van der Waals surface area contributed by atoms with E-state index in [2.05, 4.69) is 30.8 Å². The summed E-state index contributed by atoms with van der Waals surface area (Å²) in [6.45, 7) is 14.2. The Labute approximate surface area is 271 Å². The van der Waals surface area contributed by atoms with Gasteiger partial charge in [0.15, 0.2) is 0 Å². The molecular formula is C34H46N6O6. The van der Waals surface area contributed by atoms with Crippen LogP contribution < -0.4 is 20.7 Å². The molecule has 0 aromatic heterocycles. The molecule has 2 aromatic rings. The number of rotatable bonds is 10. The Morgan fingerprint density at radius 3 is 2.26 bits per heavy atom. The molecule has 4 rings (SSSR count). The molecule has 0 radical (unpaired) electrons. The van der Waals surface area contributed by atoms with Crippen molar-refractivity contribution in [1.29, 1.82) is 0 Å². The second kappa shape index (κ2) is 15.2. The Bertz CT molecular complexity index is 1410. The van der Waals surface area contributed by atoms with Gasteiger partial charge in [0.05, 0.1) is 6.54 Å². The maximum atomic E-state index is 12.4. The van der Waals surface area contributed by atoms with Gasteiger partial charge in [-0.05, 0) is 89.9 Å². The first kappa shape index (κ1) is 34.4. The summed E-state index contributed by atoms with van der Waals surface area (Å²) >= 11 is 0. The highest BCUT2D eigenvalue weighted by atomic mass is 16.6. The minimum absolute atomic E-state index is 0.0146. The van der Waals surface area contributed by atoms with E-state index in [-0.39, 0.29) is 30.5 Å². The summed E-state index contributed by atoms with van der Waals surface area (Å²) in [6.07, 6.45) is 2.36. The summed E-state index contributed by atoms with van der Waals surface area (Å²) in [6, 6.07) is 14.9. The molecule has 2 aliphatic rings. The fourth-order valence-corrected chi connectivity index (χ4v) is 4.89. The fourth-order valence-electron chi connectivity index (χ4n) is 4.89. The number of carbonyl (C=O) groups excluding carboxylic acids is 3. The molecule has 0 aliphatic carbocycles. The maximum absolute atomic E-state index is 12.4. The largest absolute Gasteiger partial charge is 0.492 e. The van der Waals surface area contributed by atoms with Crippen LogP contribution >= 0.6 is 0 Å². The molecule has 248 valence electrons. The molecular weight excluding hydrogens is 588 g/mol. The molecule has 3 N–H and O–H groups in total. The lowest BCUT2D eigenvalue weighted by Gasteiger charge is -2.22. The summed E-state index contributed by atoms with van der Waals surface area (Å²) in [7, 11) is 0. The summed E-state index contributed by atoms with van der Waals surface area (Å²) < 4.78 is 16.5. The maximum Gasteiger partial charge on any atom is 0.407 e. The van der Waals surface area contributed by atoms with Crippen LogP contribution in [0.3, 0.4) is 0 Å². The fraction of sp³-hybridized carbons (Fsp3) is 0.500. The third-order valence-corrected chi connectivity index (χ3v) is 7.01. The van der Waals surface area contributed by atoms with Gasteiger partial charge >= 0.3 is 12.1 Å². The predicted molar refractivity (Wildman–Crippen MR) is 178 cm³/mol. The van der Waals surface area contributed by atoms with E-state index in [1.54, 1.807) is 32.9 Å². The molecule has 2 heterocycles. The number of amides is 2. The van der Waals surface area contributed by atoms with Crippen molar-refractivity contribution in [3.05, 3.63) is 59.7 Å². The van der Waals surface area contributed by atoms with Gasteiger partial charge in [0.2, 0.25) is 5.96 Å². The monoisotopic (exact) mass is 634 g/mol. The van der Waals surface area contributed by atoms with E-state index >= 15 is 0 Å². The molecule has 2 atom stereocenters. The average molecular weight is 635 g/mol. The summed E-state index contributed by atoms with van der Waals surface area (Å²) in [5.74, 6) is 0.446. The number of hydrogen-bond donors (Lipinski definition) is 3. The second-order valence-electron chi connectivity index (χ2n) is 13.4. The molecule has 1 fully saturated rings. The van der Waals surface area contributed by atoms with E-state index in [0.29, 0.717) is 24.7 Å². The highest BCUT2D eigenvalue weighted by Crippen LogP contribution is 2.20. The van der Waals surface area contributed by atoms with Crippen molar-refractivity contribution in [3.8, 4) is 5.75 Å². The Hall–Kier alpha value is -4.45. The van der Waals surface area contributed by atoms with Crippen LogP contribution in [0.15, 0.2) is 58.5 Å². The first-order chi connectivity index (χ1) is 21.7. The number of esters is 1. The van der Waals surface area contributed by atoms with Gasteiger partial charge in [-0.25, -0.2) is 9.79 Å². The van der Waals surface area contributed by atoms with Crippen LogP contribution in [-0.4, -0.2) is 91.6 Å². The lowest BCUT2D eigenvalue weighted by molar-refractivity contribution is -0.153. The highest BCUT2D eigenvalue weighted by molar-refractivity contribution is 6.00. The molecule has 2 unspecified atom stereocenters. The van der Waals surface area contributed by atoms with Crippen LogP contribution in [0.25, 0.3) is 0 Å². The standard InChI is InChI=1S/C34H46N6O6/c1-33(2,3)45-29(41)21-35-30(42)24-9-7-23(8-10-24)25-19-36-31(37-20-25)38-26-11-13-28(14-12-26)44-18-17-40-16-15-27(22-40)39-32(43)46-34(4,5)6/h7-14,19,25,27H,15-18,20-22H2,1-6H3,(H,35,42)(H,37,38)(H,39,43). The number of likely N-dealkylation sites (tertiary alicyclic amines) is 1. The lowest BCUT2D eigenvalue weighted by atomic mass is 9.98. The number of guanidine groups is 1. The topological polar surface area (TPSA) is 143 Å². The normalized spacial score (nSPS) is 18.3. The van der Waals surface area contributed by atoms with E-state index < -0.39 is 17.2 Å². The van der Waals surface area contributed by atoms with Gasteiger partial charge < -0.3 is 30.2 Å². The number of alkyl carbamates (subject to hydrolysis) is 1. The zero-order chi connectivity index (χ0) is 33.3. The van der Waals surface area contributed by atoms with Crippen molar-refractivity contribution < 1.29 is 28.6 Å². The van der Waals surface area contributed by atoms with E-state index in [9.17, 15) is 14.4 Å². The van der Waals surface area contributed by atoms with Gasteiger partial charge in [0.1, 0.15) is 30.1 Å². The van der Waals surface area contributed by atoms with Crippen LogP contribution in [-0.2, 0) is 14.3 Å². The van der Waals surface area contributed by atoms with Gasteiger partial charge in [-0.3, -0.25) is 19.5 Å². The minimum atomic E-state index is -0.603. The number of nitrogens with one attached hydrogen (secondary N) is 3. The van der Waals surface area contributed by atoms with Gasteiger partial charge in [-0.15, -0.1) is 0 Å². The molecule has 0 saturated carbocycles. The highest BCUT2D eigenvalue weighted by Gasteiger charge is 2.26. The predicted octanol–water partition coefficient (Wildman–Crippen LogP) is 4.37. The third kappa shape index (κ3) is 11.5. The van der Waals surface area contributed by atoms with Crippen LogP contribution in [0.5, 0.6) is 5.75 Å². The SMILES string of the molecule is CC(C)(C)OC(=O)CNC(=O)c1ccc(C2C=NC(Nc3ccc(OCCN4CCC(NC(=O)OC(C)(C)C)C4)cc3)=NC2)cc1. The molecule has 12 heteroatoms. The number of benzene rings is 2. The van der Waals surface area contributed by atoms with Crippen molar-refractivity contribution in [3.63, 3.8) is 0 Å². The van der Waals surface area contributed by atoms with E-state index in [0.717, 1.165) is 43.1 Å². The Balaban J connectivity index is 1.15. The first-order valence-electron chi connectivity index (χ1n) is 15.6. The van der Waals surface area contributed by atoms with Crippen molar-refractivity contribution >= 4 is 35.8 Å². The van der Waals surface area contributed by atoms with Gasteiger partial charge in [-0.2, -0.15) is 0 Å². The number of hydrogen-bond acceptors (Lipinski definition) is 10.